The number of nitrogens with one attached hydrogen (secondary N) is 1. The Bertz CT molecular complexity index is 406. The van der Waals surface area contributed by atoms with Gasteiger partial charge >= 0.3 is 0 Å². The summed E-state index contributed by atoms with van der Waals surface area (Å²) in [7, 11) is 0. The van der Waals surface area contributed by atoms with Crippen LogP contribution in [0.5, 0.6) is 0 Å². The van der Waals surface area contributed by atoms with Crippen LogP contribution in [0.2, 0.25) is 0 Å². The van der Waals surface area contributed by atoms with Crippen molar-refractivity contribution in [1.29, 1.82) is 0 Å². The number of aliphatic hydroxyl groups excluding tert-OH is 1. The van der Waals surface area contributed by atoms with E-state index in [-0.39, 0.29) is 23.0 Å². The summed E-state index contributed by atoms with van der Waals surface area (Å²) in [6.45, 7) is 9.43. The van der Waals surface area contributed by atoms with Crippen LogP contribution >= 0.6 is 0 Å². The maximum absolute atomic E-state index is 10.0. The molecular weight excluding hydrogens is 234 g/mol. The zero-order valence-electron chi connectivity index (χ0n) is 12.7. The molecule has 0 aliphatic heterocycles. The number of hydrogen-bond acceptors (Lipinski definition) is 2. The molecular formula is C17H27NO. The lowest BCUT2D eigenvalue weighted by Gasteiger charge is -2.52. The van der Waals surface area contributed by atoms with Gasteiger partial charge in [-0.25, -0.2) is 0 Å². The summed E-state index contributed by atoms with van der Waals surface area (Å²) in [5, 5.41) is 13.6. The first-order chi connectivity index (χ1) is 8.76. The third-order valence-corrected chi connectivity index (χ3v) is 4.08. The van der Waals surface area contributed by atoms with E-state index in [1.807, 2.05) is 18.2 Å². The van der Waals surface area contributed by atoms with Gasteiger partial charge in [0, 0.05) is 5.69 Å². The highest BCUT2D eigenvalue weighted by atomic mass is 16.3. The molecule has 1 aromatic rings. The molecule has 0 saturated heterocycles. The molecule has 0 aromatic heterocycles. The van der Waals surface area contributed by atoms with Gasteiger partial charge in [-0.3, -0.25) is 0 Å². The van der Waals surface area contributed by atoms with Crippen LogP contribution < -0.4 is 5.32 Å². The molecule has 2 nitrogen and oxygen atoms in total. The highest BCUT2D eigenvalue weighted by Gasteiger charge is 2.47. The van der Waals surface area contributed by atoms with Crippen LogP contribution in [0, 0.1) is 10.8 Å². The predicted molar refractivity (Wildman–Crippen MR) is 81.3 cm³/mol. The standard InChI is InChI=1S/C17H27NO/c1-15(2)10-16(3,4)12-17(11-15,13-19)18-14-8-6-5-7-9-14/h5-9,18-19H,10-13H2,1-4H3. The van der Waals surface area contributed by atoms with E-state index >= 15 is 0 Å². The fourth-order valence-electron chi connectivity index (χ4n) is 4.38. The zero-order chi connectivity index (χ0) is 14.1. The number of benzene rings is 1. The van der Waals surface area contributed by atoms with Gasteiger partial charge in [-0.1, -0.05) is 45.9 Å². The van der Waals surface area contributed by atoms with Crippen molar-refractivity contribution < 1.29 is 5.11 Å². The fourth-order valence-corrected chi connectivity index (χ4v) is 4.38. The first-order valence-electron chi connectivity index (χ1n) is 7.20. The Balaban J connectivity index is 2.26. The molecule has 1 aliphatic rings. The van der Waals surface area contributed by atoms with Gasteiger partial charge in [-0.15, -0.1) is 0 Å². The van der Waals surface area contributed by atoms with E-state index in [1.54, 1.807) is 0 Å². The fraction of sp³-hybridized carbons (Fsp3) is 0.647. The minimum atomic E-state index is -0.202. The Hall–Kier alpha value is -1.02. The van der Waals surface area contributed by atoms with Crippen molar-refractivity contribution in [3.8, 4) is 0 Å². The van der Waals surface area contributed by atoms with E-state index in [1.165, 1.54) is 6.42 Å². The maximum Gasteiger partial charge on any atom is 0.0661 e. The van der Waals surface area contributed by atoms with Crippen molar-refractivity contribution in [2.24, 2.45) is 10.8 Å². The monoisotopic (exact) mass is 261 g/mol. The third kappa shape index (κ3) is 3.50. The second kappa shape index (κ2) is 4.82. The summed E-state index contributed by atoms with van der Waals surface area (Å²) >= 11 is 0. The zero-order valence-corrected chi connectivity index (χ0v) is 12.7. The minimum Gasteiger partial charge on any atom is -0.394 e. The second-order valence-corrected chi connectivity index (χ2v) is 7.79. The van der Waals surface area contributed by atoms with Crippen molar-refractivity contribution in [1.82, 2.24) is 0 Å². The predicted octanol–water partition coefficient (Wildman–Crippen LogP) is 4.07. The van der Waals surface area contributed by atoms with E-state index in [4.69, 9.17) is 0 Å². The number of aliphatic hydroxyl groups is 1. The van der Waals surface area contributed by atoms with Crippen molar-refractivity contribution in [3.63, 3.8) is 0 Å². The van der Waals surface area contributed by atoms with Crippen molar-refractivity contribution >= 4 is 5.69 Å². The van der Waals surface area contributed by atoms with Gasteiger partial charge in [-0.2, -0.15) is 0 Å². The maximum atomic E-state index is 10.0. The lowest BCUT2D eigenvalue weighted by molar-refractivity contribution is 0.0288. The topological polar surface area (TPSA) is 32.3 Å². The molecule has 0 heterocycles. The molecule has 19 heavy (non-hydrogen) atoms. The lowest BCUT2D eigenvalue weighted by Crippen LogP contribution is -2.53. The van der Waals surface area contributed by atoms with Gasteiger partial charge in [0.05, 0.1) is 12.1 Å². The number of hydrogen-bond donors (Lipinski definition) is 2. The number of rotatable bonds is 3. The second-order valence-electron chi connectivity index (χ2n) is 7.79. The quantitative estimate of drug-likeness (QED) is 0.859. The lowest BCUT2D eigenvalue weighted by atomic mass is 9.58. The Kier molecular flexibility index (Phi) is 3.65. The molecule has 0 radical (unpaired) electrons. The van der Waals surface area contributed by atoms with Gasteiger partial charge in [0.1, 0.15) is 0 Å². The smallest absolute Gasteiger partial charge is 0.0661 e. The van der Waals surface area contributed by atoms with E-state index in [9.17, 15) is 5.11 Å². The van der Waals surface area contributed by atoms with Crippen molar-refractivity contribution in [3.05, 3.63) is 30.3 Å². The Morgan fingerprint density at radius 1 is 0.947 bits per heavy atom. The average Bonchev–Trinajstić information content (AvgIpc) is 2.26. The molecule has 0 atom stereocenters. The third-order valence-electron chi connectivity index (χ3n) is 4.08. The summed E-state index contributed by atoms with van der Waals surface area (Å²) in [5.74, 6) is 0. The summed E-state index contributed by atoms with van der Waals surface area (Å²) < 4.78 is 0. The molecule has 2 rings (SSSR count). The molecule has 1 saturated carbocycles. The largest absolute Gasteiger partial charge is 0.394 e. The Morgan fingerprint density at radius 2 is 1.47 bits per heavy atom. The summed E-state index contributed by atoms with van der Waals surface area (Å²) in [5.41, 5.74) is 1.41. The first kappa shape index (κ1) is 14.4. The normalized spacial score (nSPS) is 23.8. The van der Waals surface area contributed by atoms with Crippen LogP contribution in [-0.2, 0) is 0 Å². The number of anilines is 1. The van der Waals surface area contributed by atoms with Crippen LogP contribution in [0.25, 0.3) is 0 Å². The van der Waals surface area contributed by atoms with Gasteiger partial charge < -0.3 is 10.4 Å². The summed E-state index contributed by atoms with van der Waals surface area (Å²) in [6, 6.07) is 10.2. The molecule has 0 unspecified atom stereocenters. The Morgan fingerprint density at radius 3 is 1.95 bits per heavy atom. The molecule has 1 fully saturated rings. The van der Waals surface area contributed by atoms with Gasteiger partial charge in [0.25, 0.3) is 0 Å². The average molecular weight is 261 g/mol. The molecule has 0 spiro atoms. The molecule has 2 heteroatoms. The molecule has 0 amide bonds. The highest BCUT2D eigenvalue weighted by Crippen LogP contribution is 2.50. The van der Waals surface area contributed by atoms with Crippen LogP contribution in [0.15, 0.2) is 30.3 Å². The first-order valence-corrected chi connectivity index (χ1v) is 7.20. The van der Waals surface area contributed by atoms with E-state index < -0.39 is 0 Å². The van der Waals surface area contributed by atoms with Crippen LogP contribution in [-0.4, -0.2) is 17.3 Å². The van der Waals surface area contributed by atoms with Gasteiger partial charge in [-0.05, 0) is 42.2 Å². The van der Waals surface area contributed by atoms with E-state index in [0.717, 1.165) is 18.5 Å². The van der Waals surface area contributed by atoms with Crippen LogP contribution in [0.4, 0.5) is 5.69 Å². The highest BCUT2D eigenvalue weighted by molar-refractivity contribution is 5.45. The van der Waals surface area contributed by atoms with Crippen LogP contribution in [0.1, 0.15) is 47.0 Å². The van der Waals surface area contributed by atoms with E-state index in [0.29, 0.717) is 0 Å². The Labute approximate surface area is 117 Å². The van der Waals surface area contributed by atoms with E-state index in [2.05, 4.69) is 45.1 Å². The molecule has 0 bridgehead atoms. The molecule has 1 aliphatic carbocycles. The summed E-state index contributed by atoms with van der Waals surface area (Å²) in [4.78, 5) is 0. The van der Waals surface area contributed by atoms with Crippen LogP contribution in [0.3, 0.4) is 0 Å². The molecule has 2 N–H and O–H groups in total. The van der Waals surface area contributed by atoms with Gasteiger partial charge in [0.15, 0.2) is 0 Å². The van der Waals surface area contributed by atoms with Crippen molar-refractivity contribution in [2.45, 2.75) is 52.5 Å². The summed E-state index contributed by atoms with van der Waals surface area (Å²) in [6.07, 6.45) is 3.22. The SMILES string of the molecule is CC1(C)CC(C)(C)CC(CO)(Nc2ccccc2)C1. The van der Waals surface area contributed by atoms with Gasteiger partial charge in [0.2, 0.25) is 0 Å². The van der Waals surface area contributed by atoms with Crippen molar-refractivity contribution in [2.75, 3.05) is 11.9 Å². The minimum absolute atomic E-state index is 0.189. The molecule has 106 valence electrons. The number of para-hydroxylation sites is 1. The molecule has 1 aromatic carbocycles.